The van der Waals surface area contributed by atoms with E-state index in [-0.39, 0.29) is 24.7 Å². The summed E-state index contributed by atoms with van der Waals surface area (Å²) in [5.74, 6) is -0.852. The summed E-state index contributed by atoms with van der Waals surface area (Å²) in [5, 5.41) is 12.7. The highest BCUT2D eigenvalue weighted by molar-refractivity contribution is 7.14. The minimum absolute atomic E-state index is 0.0173. The van der Waals surface area contributed by atoms with Crippen molar-refractivity contribution in [3.8, 4) is 10.6 Å². The van der Waals surface area contributed by atoms with Gasteiger partial charge in [0.05, 0.1) is 13.5 Å². The summed E-state index contributed by atoms with van der Waals surface area (Å²) in [7, 11) is 1.29. The lowest BCUT2D eigenvalue weighted by Gasteiger charge is -2.34. The zero-order valence-electron chi connectivity index (χ0n) is 16.5. The molecule has 0 aliphatic carbocycles. The first-order valence-electron chi connectivity index (χ1n) is 9.55. The zero-order chi connectivity index (χ0) is 20.8. The minimum atomic E-state index is -0.540. The zero-order valence-corrected chi connectivity index (χ0v) is 17.3. The van der Waals surface area contributed by atoms with E-state index in [0.717, 1.165) is 28.4 Å². The number of amides is 2. The second kappa shape index (κ2) is 9.60. The number of anilines is 1. The Morgan fingerprint density at radius 1 is 1.24 bits per heavy atom. The van der Waals surface area contributed by atoms with Gasteiger partial charge < -0.3 is 15.0 Å². The highest BCUT2D eigenvalue weighted by atomic mass is 32.1. The van der Waals surface area contributed by atoms with Crippen LogP contribution in [0.2, 0.25) is 0 Å². The normalized spacial score (nSPS) is 16.3. The second-order valence-corrected chi connectivity index (χ2v) is 8.05. The fourth-order valence-electron chi connectivity index (χ4n) is 3.33. The van der Waals surface area contributed by atoms with Crippen LogP contribution in [0.15, 0.2) is 24.3 Å². The van der Waals surface area contributed by atoms with E-state index in [0.29, 0.717) is 18.7 Å². The first-order chi connectivity index (χ1) is 14.0. The number of nitrogens with one attached hydrogen (secondary N) is 1. The van der Waals surface area contributed by atoms with Crippen molar-refractivity contribution in [1.29, 1.82) is 0 Å². The van der Waals surface area contributed by atoms with Crippen molar-refractivity contribution in [2.45, 2.75) is 45.1 Å². The monoisotopic (exact) mass is 416 g/mol. The van der Waals surface area contributed by atoms with Gasteiger partial charge in [0.2, 0.25) is 11.8 Å². The Morgan fingerprint density at radius 2 is 2.07 bits per heavy atom. The van der Waals surface area contributed by atoms with Gasteiger partial charge in [0.15, 0.2) is 0 Å². The number of hydrogen-bond donors (Lipinski definition) is 1. The van der Waals surface area contributed by atoms with Gasteiger partial charge in [0, 0.05) is 24.2 Å². The lowest BCUT2D eigenvalue weighted by molar-refractivity contribution is -0.145. The standard InChI is InChI=1S/C20H24N4O4S/c1-13-22-23-20(29-13)14-6-5-7-15(12-14)21-19(27)16-8-3-4-11-24(16)17(25)9-10-18(26)28-2/h5-7,12,16H,3-4,8-11H2,1-2H3,(H,21,27). The highest BCUT2D eigenvalue weighted by Crippen LogP contribution is 2.26. The van der Waals surface area contributed by atoms with Crippen molar-refractivity contribution in [1.82, 2.24) is 15.1 Å². The summed E-state index contributed by atoms with van der Waals surface area (Å²) in [6, 6.07) is 6.88. The molecule has 1 unspecified atom stereocenters. The Labute approximate surface area is 173 Å². The van der Waals surface area contributed by atoms with E-state index < -0.39 is 12.0 Å². The number of benzene rings is 1. The van der Waals surface area contributed by atoms with Gasteiger partial charge in [0.1, 0.15) is 16.1 Å². The third-order valence-corrected chi connectivity index (χ3v) is 5.69. The number of carbonyl (C=O) groups is 3. The predicted molar refractivity (Wildman–Crippen MR) is 109 cm³/mol. The van der Waals surface area contributed by atoms with Crippen LogP contribution < -0.4 is 5.32 Å². The lowest BCUT2D eigenvalue weighted by atomic mass is 10.0. The van der Waals surface area contributed by atoms with Crippen molar-refractivity contribution < 1.29 is 19.1 Å². The van der Waals surface area contributed by atoms with E-state index in [2.05, 4.69) is 20.3 Å². The Hall–Kier alpha value is -2.81. The van der Waals surface area contributed by atoms with Crippen molar-refractivity contribution >= 4 is 34.8 Å². The van der Waals surface area contributed by atoms with Crippen LogP contribution in [0.25, 0.3) is 10.6 Å². The molecule has 9 heteroatoms. The van der Waals surface area contributed by atoms with E-state index in [4.69, 9.17) is 0 Å². The summed E-state index contributed by atoms with van der Waals surface area (Å²) in [5.41, 5.74) is 1.52. The second-order valence-electron chi connectivity index (χ2n) is 6.87. The Morgan fingerprint density at radius 3 is 2.79 bits per heavy atom. The fourth-order valence-corrected chi connectivity index (χ4v) is 4.01. The SMILES string of the molecule is COC(=O)CCC(=O)N1CCCCC1C(=O)Nc1cccc(-c2nnc(C)s2)c1. The molecule has 1 N–H and O–H groups in total. The summed E-state index contributed by atoms with van der Waals surface area (Å²) in [4.78, 5) is 38.4. The molecular weight excluding hydrogens is 392 g/mol. The molecule has 1 aliphatic rings. The Bertz CT molecular complexity index is 898. The number of aryl methyl sites for hydroxylation is 1. The van der Waals surface area contributed by atoms with Crippen LogP contribution in [0.1, 0.15) is 37.1 Å². The number of hydrogen-bond acceptors (Lipinski definition) is 7. The van der Waals surface area contributed by atoms with Gasteiger partial charge in [0.25, 0.3) is 0 Å². The Balaban J connectivity index is 1.68. The van der Waals surface area contributed by atoms with Gasteiger partial charge in [-0.3, -0.25) is 14.4 Å². The smallest absolute Gasteiger partial charge is 0.306 e. The molecule has 1 saturated heterocycles. The molecule has 0 saturated carbocycles. The lowest BCUT2D eigenvalue weighted by Crippen LogP contribution is -2.50. The molecule has 1 atom stereocenters. The summed E-state index contributed by atoms with van der Waals surface area (Å²) in [6.07, 6.45) is 2.39. The molecule has 0 radical (unpaired) electrons. The molecule has 29 heavy (non-hydrogen) atoms. The van der Waals surface area contributed by atoms with Gasteiger partial charge in [-0.25, -0.2) is 0 Å². The first kappa shape index (κ1) is 20.9. The first-order valence-corrected chi connectivity index (χ1v) is 10.4. The maximum Gasteiger partial charge on any atom is 0.306 e. The fraction of sp³-hybridized carbons (Fsp3) is 0.450. The number of piperidine rings is 1. The van der Waals surface area contributed by atoms with Gasteiger partial charge in [-0.1, -0.05) is 23.5 Å². The molecule has 0 spiro atoms. The van der Waals surface area contributed by atoms with Crippen LogP contribution in [-0.2, 0) is 19.1 Å². The summed E-state index contributed by atoms with van der Waals surface area (Å²) in [6.45, 7) is 2.41. The number of carbonyl (C=O) groups excluding carboxylic acids is 3. The highest BCUT2D eigenvalue weighted by Gasteiger charge is 2.32. The molecule has 2 amide bonds. The van der Waals surface area contributed by atoms with E-state index in [9.17, 15) is 14.4 Å². The largest absolute Gasteiger partial charge is 0.469 e. The molecule has 2 heterocycles. The number of nitrogens with zero attached hydrogens (tertiary/aromatic N) is 3. The van der Waals surface area contributed by atoms with Crippen LogP contribution >= 0.6 is 11.3 Å². The van der Waals surface area contributed by atoms with Crippen LogP contribution in [0.4, 0.5) is 5.69 Å². The van der Waals surface area contributed by atoms with E-state index in [1.165, 1.54) is 18.4 Å². The van der Waals surface area contributed by atoms with Crippen LogP contribution in [-0.4, -0.2) is 52.6 Å². The molecule has 1 aliphatic heterocycles. The number of ether oxygens (including phenoxy) is 1. The predicted octanol–water partition coefficient (Wildman–Crippen LogP) is 2.79. The number of esters is 1. The van der Waals surface area contributed by atoms with Crippen molar-refractivity contribution in [3.63, 3.8) is 0 Å². The molecule has 1 aromatic heterocycles. The van der Waals surface area contributed by atoms with Crippen molar-refractivity contribution in [2.24, 2.45) is 0 Å². The minimum Gasteiger partial charge on any atom is -0.469 e. The van der Waals surface area contributed by atoms with Crippen molar-refractivity contribution in [3.05, 3.63) is 29.3 Å². The maximum atomic E-state index is 12.9. The third-order valence-electron chi connectivity index (χ3n) is 4.80. The molecular formula is C20H24N4O4S. The van der Waals surface area contributed by atoms with Crippen LogP contribution in [0, 0.1) is 6.92 Å². The van der Waals surface area contributed by atoms with E-state index >= 15 is 0 Å². The molecule has 2 aromatic rings. The number of rotatable bonds is 6. The van der Waals surface area contributed by atoms with Gasteiger partial charge in [-0.2, -0.15) is 0 Å². The van der Waals surface area contributed by atoms with Gasteiger partial charge >= 0.3 is 5.97 Å². The summed E-state index contributed by atoms with van der Waals surface area (Å²) >= 11 is 1.48. The van der Waals surface area contributed by atoms with Crippen molar-refractivity contribution in [2.75, 3.05) is 19.0 Å². The Kier molecular flexibility index (Phi) is 6.92. The quantitative estimate of drug-likeness (QED) is 0.727. The number of methoxy groups -OCH3 is 1. The topological polar surface area (TPSA) is 101 Å². The molecule has 1 aromatic carbocycles. The van der Waals surface area contributed by atoms with E-state index in [1.54, 1.807) is 4.90 Å². The molecule has 0 bridgehead atoms. The number of likely N-dealkylation sites (tertiary alicyclic amines) is 1. The van der Waals surface area contributed by atoms with Crippen LogP contribution in [0.5, 0.6) is 0 Å². The molecule has 8 nitrogen and oxygen atoms in total. The number of aromatic nitrogens is 2. The average Bonchev–Trinajstić information content (AvgIpc) is 3.18. The van der Waals surface area contributed by atoms with E-state index in [1.807, 2.05) is 31.2 Å². The van der Waals surface area contributed by atoms with Crippen LogP contribution in [0.3, 0.4) is 0 Å². The average molecular weight is 417 g/mol. The maximum absolute atomic E-state index is 12.9. The summed E-state index contributed by atoms with van der Waals surface area (Å²) < 4.78 is 4.59. The molecule has 154 valence electrons. The molecule has 3 rings (SSSR count). The van der Waals surface area contributed by atoms with Gasteiger partial charge in [-0.15, -0.1) is 10.2 Å². The van der Waals surface area contributed by atoms with Gasteiger partial charge in [-0.05, 0) is 38.3 Å². The third kappa shape index (κ3) is 5.38. The molecule has 1 fully saturated rings.